The van der Waals surface area contributed by atoms with Crippen LogP contribution in [-0.4, -0.2) is 21.0 Å². The number of rotatable bonds is 0. The molecule has 1 saturated heterocycles. The third-order valence-electron chi connectivity index (χ3n) is 5.01. The summed E-state index contributed by atoms with van der Waals surface area (Å²) in [5.41, 5.74) is 0.165. The van der Waals surface area contributed by atoms with Gasteiger partial charge >= 0.3 is 0 Å². The molecule has 2 fully saturated rings. The Labute approximate surface area is 117 Å². The van der Waals surface area contributed by atoms with E-state index < -0.39 is 15.4 Å². The van der Waals surface area contributed by atoms with E-state index in [-0.39, 0.29) is 5.60 Å². The molecule has 2 rings (SSSR count). The van der Waals surface area contributed by atoms with E-state index in [4.69, 9.17) is 4.43 Å². The molecule has 0 aromatic carbocycles. The van der Waals surface area contributed by atoms with Crippen LogP contribution in [0.4, 0.5) is 0 Å². The van der Waals surface area contributed by atoms with Gasteiger partial charge in [0, 0.05) is 0 Å². The van der Waals surface area contributed by atoms with Gasteiger partial charge < -0.3 is 4.43 Å². The zero-order valence-electron chi connectivity index (χ0n) is 13.6. The molecular formula is C15H34OSi2. The molecule has 0 aromatic heterocycles. The summed E-state index contributed by atoms with van der Waals surface area (Å²) in [6, 6.07) is 1.46. The fourth-order valence-corrected chi connectivity index (χ4v) is 10.3. The monoisotopic (exact) mass is 286 g/mol. The molecule has 1 saturated carbocycles. The van der Waals surface area contributed by atoms with E-state index >= 15 is 0 Å². The predicted octanol–water partition coefficient (Wildman–Crippen LogP) is 5.52. The third kappa shape index (κ3) is 4.82. The third-order valence-corrected chi connectivity index (χ3v) is 21.7. The van der Waals surface area contributed by atoms with Gasteiger partial charge in [-0.3, -0.25) is 0 Å². The van der Waals surface area contributed by atoms with E-state index in [0.29, 0.717) is 0 Å². The van der Waals surface area contributed by atoms with Crippen molar-refractivity contribution in [3.63, 3.8) is 0 Å². The van der Waals surface area contributed by atoms with Gasteiger partial charge in [0.2, 0.25) is 0 Å². The molecule has 0 aromatic rings. The predicted molar refractivity (Wildman–Crippen MR) is 87.3 cm³/mol. The average molecular weight is 287 g/mol. The van der Waals surface area contributed by atoms with E-state index in [9.17, 15) is 0 Å². The maximum absolute atomic E-state index is 6.28. The molecule has 1 heterocycles. The van der Waals surface area contributed by atoms with Crippen LogP contribution in [0.15, 0.2) is 0 Å². The lowest BCUT2D eigenvalue weighted by Gasteiger charge is -2.49. The SMILES string of the molecule is C1CCCCC1.CC1(C)CC[Si](C)(C)[Si](C)(C)O1. The first-order valence-corrected chi connectivity index (χ1v) is 15.0. The normalized spacial score (nSPS) is 29.0. The van der Waals surface area contributed by atoms with Crippen LogP contribution in [0.1, 0.15) is 58.8 Å². The molecule has 0 spiro atoms. The summed E-state index contributed by atoms with van der Waals surface area (Å²) in [5, 5.41) is 0. The molecule has 0 radical (unpaired) electrons. The Morgan fingerprint density at radius 1 is 0.778 bits per heavy atom. The molecule has 0 amide bonds. The van der Waals surface area contributed by atoms with Crippen LogP contribution in [0.3, 0.4) is 0 Å². The summed E-state index contributed by atoms with van der Waals surface area (Å²) in [6.45, 7) is 14.3. The Balaban J connectivity index is 0.000000225. The zero-order valence-corrected chi connectivity index (χ0v) is 15.6. The number of hydrogen-bond acceptors (Lipinski definition) is 1. The van der Waals surface area contributed by atoms with Crippen LogP contribution in [0.25, 0.3) is 0 Å². The Hall–Kier alpha value is 0.394. The minimum Gasteiger partial charge on any atom is -0.415 e. The first-order chi connectivity index (χ1) is 8.16. The molecule has 2 aliphatic rings. The van der Waals surface area contributed by atoms with E-state index in [0.717, 1.165) is 0 Å². The van der Waals surface area contributed by atoms with Crippen molar-refractivity contribution in [2.24, 2.45) is 0 Å². The molecule has 1 aliphatic carbocycles. The second kappa shape index (κ2) is 6.23. The molecule has 1 nitrogen and oxygen atoms in total. The molecule has 0 bridgehead atoms. The summed E-state index contributed by atoms with van der Waals surface area (Å²) < 4.78 is 6.28. The summed E-state index contributed by atoms with van der Waals surface area (Å²) >= 11 is 0. The zero-order chi connectivity index (χ0) is 13.9. The minimum atomic E-state index is -1.31. The largest absolute Gasteiger partial charge is 0.415 e. The van der Waals surface area contributed by atoms with Crippen molar-refractivity contribution in [1.29, 1.82) is 0 Å². The van der Waals surface area contributed by atoms with Crippen LogP contribution in [0.2, 0.25) is 32.2 Å². The molecule has 18 heavy (non-hydrogen) atoms. The van der Waals surface area contributed by atoms with Gasteiger partial charge in [-0.1, -0.05) is 57.7 Å². The fourth-order valence-electron chi connectivity index (χ4n) is 2.86. The second-order valence-corrected chi connectivity index (χ2v) is 23.0. The summed E-state index contributed by atoms with van der Waals surface area (Å²) in [5.74, 6) is 0. The molecule has 108 valence electrons. The average Bonchev–Trinajstić information content (AvgIpc) is 2.27. The smallest absolute Gasteiger partial charge is 0.174 e. The lowest BCUT2D eigenvalue weighted by atomic mass is 10.0. The Kier molecular flexibility index (Phi) is 5.69. The first-order valence-electron chi connectivity index (χ1n) is 7.87. The van der Waals surface area contributed by atoms with Crippen molar-refractivity contribution in [1.82, 2.24) is 0 Å². The van der Waals surface area contributed by atoms with Crippen molar-refractivity contribution in [2.45, 2.75) is 96.6 Å². The van der Waals surface area contributed by atoms with Gasteiger partial charge in [0.15, 0.2) is 7.83 Å². The Morgan fingerprint density at radius 2 is 1.17 bits per heavy atom. The molecular weight excluding hydrogens is 252 g/mol. The van der Waals surface area contributed by atoms with Gasteiger partial charge in [-0.2, -0.15) is 0 Å². The fraction of sp³-hybridized carbons (Fsp3) is 1.00. The van der Waals surface area contributed by atoms with Gasteiger partial charge in [-0.05, 0) is 33.4 Å². The van der Waals surface area contributed by atoms with E-state index in [1.54, 1.807) is 0 Å². The summed E-state index contributed by atoms with van der Waals surface area (Å²) in [6.07, 6.45) is 10.3. The maximum Gasteiger partial charge on any atom is 0.174 e. The van der Waals surface area contributed by atoms with Gasteiger partial charge in [-0.15, -0.1) is 0 Å². The molecule has 0 N–H and O–H groups in total. The summed E-state index contributed by atoms with van der Waals surface area (Å²) in [7, 11) is -2.30. The lowest BCUT2D eigenvalue weighted by Crippen LogP contribution is -2.63. The van der Waals surface area contributed by atoms with Crippen LogP contribution in [0.5, 0.6) is 0 Å². The van der Waals surface area contributed by atoms with Crippen molar-refractivity contribution in [3.05, 3.63) is 0 Å². The van der Waals surface area contributed by atoms with Crippen molar-refractivity contribution < 1.29 is 4.43 Å². The highest BCUT2D eigenvalue weighted by atomic mass is 29.3. The Bertz CT molecular complexity index is 244. The highest BCUT2D eigenvalue weighted by molar-refractivity contribution is 7.38. The first kappa shape index (κ1) is 16.4. The molecule has 3 heteroatoms. The van der Waals surface area contributed by atoms with E-state index in [1.807, 2.05) is 0 Å². The number of hydrogen-bond donors (Lipinski definition) is 0. The van der Waals surface area contributed by atoms with Crippen LogP contribution in [0, 0.1) is 0 Å². The highest BCUT2D eigenvalue weighted by Gasteiger charge is 2.49. The van der Waals surface area contributed by atoms with Gasteiger partial charge in [0.05, 0.1) is 13.2 Å². The van der Waals surface area contributed by atoms with Crippen LogP contribution < -0.4 is 0 Å². The Morgan fingerprint density at radius 3 is 1.44 bits per heavy atom. The molecule has 0 unspecified atom stereocenters. The topological polar surface area (TPSA) is 9.23 Å². The van der Waals surface area contributed by atoms with Crippen LogP contribution in [-0.2, 0) is 4.43 Å². The highest BCUT2D eigenvalue weighted by Crippen LogP contribution is 2.38. The van der Waals surface area contributed by atoms with Gasteiger partial charge in [-0.25, -0.2) is 0 Å². The molecule has 0 atom stereocenters. The quantitative estimate of drug-likeness (QED) is 0.533. The van der Waals surface area contributed by atoms with Gasteiger partial charge in [0.1, 0.15) is 0 Å². The van der Waals surface area contributed by atoms with Crippen LogP contribution >= 0.6 is 0 Å². The minimum absolute atomic E-state index is 0.165. The second-order valence-electron chi connectivity index (χ2n) is 7.88. The molecule has 1 aliphatic heterocycles. The van der Waals surface area contributed by atoms with Crippen molar-refractivity contribution >= 4 is 15.4 Å². The summed E-state index contributed by atoms with van der Waals surface area (Å²) in [4.78, 5) is 0. The van der Waals surface area contributed by atoms with E-state index in [1.165, 1.54) is 51.0 Å². The van der Waals surface area contributed by atoms with Crippen molar-refractivity contribution in [3.8, 4) is 0 Å². The van der Waals surface area contributed by atoms with Gasteiger partial charge in [0.25, 0.3) is 0 Å². The van der Waals surface area contributed by atoms with Crippen molar-refractivity contribution in [2.75, 3.05) is 0 Å². The maximum atomic E-state index is 6.28. The lowest BCUT2D eigenvalue weighted by molar-refractivity contribution is 0.0933. The standard InChI is InChI=1S/C9H22OSi2.C6H12/c1-9(2)7-8-11(3,4)12(5,6)10-9;1-2-4-6-5-3-1/h7-8H2,1-6H3;1-6H2. The van der Waals surface area contributed by atoms with E-state index in [2.05, 4.69) is 40.0 Å².